The van der Waals surface area contributed by atoms with Crippen LogP contribution < -0.4 is 11.1 Å². The number of benzene rings is 1. The molecule has 1 amide bonds. The van der Waals surface area contributed by atoms with Gasteiger partial charge in [0.2, 0.25) is 5.91 Å². The molecule has 5 heteroatoms. The van der Waals surface area contributed by atoms with E-state index in [1.165, 1.54) is 0 Å². The summed E-state index contributed by atoms with van der Waals surface area (Å²) in [5.74, 6) is -0.176. The number of hydrogen-bond acceptors (Lipinski definition) is 4. The van der Waals surface area contributed by atoms with Gasteiger partial charge in [-0.1, -0.05) is 70.2 Å². The van der Waals surface area contributed by atoms with E-state index < -0.39 is 22.2 Å². The second-order valence-corrected chi connectivity index (χ2v) is 13.1. The average molecular weight is 569 g/mol. The third-order valence-corrected chi connectivity index (χ3v) is 10.7. The van der Waals surface area contributed by atoms with Crippen molar-refractivity contribution in [2.75, 3.05) is 12.4 Å². The monoisotopic (exact) mass is 568 g/mol. The summed E-state index contributed by atoms with van der Waals surface area (Å²) in [5, 5.41) is 27.7. The molecule has 4 atom stereocenters. The van der Waals surface area contributed by atoms with E-state index in [0.29, 0.717) is 40.7 Å². The molecule has 4 rings (SSSR count). The average Bonchev–Trinajstić information content (AvgIpc) is 2.93. The summed E-state index contributed by atoms with van der Waals surface area (Å²) in [6, 6.07) is 7.95. The lowest BCUT2D eigenvalue weighted by Gasteiger charge is -2.62. The molecule has 3 aliphatic rings. The molecule has 0 bridgehead atoms. The fourth-order valence-corrected chi connectivity index (χ4v) is 8.40. The molecule has 42 heavy (non-hydrogen) atoms. The smallest absolute Gasteiger partial charge is 0.248 e. The second kappa shape index (κ2) is 10.8. The number of fused-ring (bicyclic) bond motifs is 2. The molecule has 1 aromatic rings. The van der Waals surface area contributed by atoms with Gasteiger partial charge in [-0.3, -0.25) is 4.79 Å². The van der Waals surface area contributed by atoms with Gasteiger partial charge < -0.3 is 21.3 Å². The Labute approximate surface area is 252 Å². The van der Waals surface area contributed by atoms with E-state index >= 15 is 0 Å². The van der Waals surface area contributed by atoms with E-state index in [-0.39, 0.29) is 17.4 Å². The van der Waals surface area contributed by atoms with E-state index in [1.807, 2.05) is 58.2 Å². The lowest BCUT2D eigenvalue weighted by Crippen LogP contribution is -2.56. The highest BCUT2D eigenvalue weighted by molar-refractivity contribution is 5.98. The fraction of sp³-hybridized carbons (Fsp3) is 0.432. The minimum absolute atomic E-state index is 0.0188. The van der Waals surface area contributed by atoms with Crippen molar-refractivity contribution in [1.82, 2.24) is 0 Å². The van der Waals surface area contributed by atoms with Crippen LogP contribution in [0.15, 0.2) is 100 Å². The van der Waals surface area contributed by atoms with Crippen molar-refractivity contribution < 1.29 is 15.0 Å². The third kappa shape index (κ3) is 4.40. The molecule has 224 valence electrons. The van der Waals surface area contributed by atoms with Crippen molar-refractivity contribution in [3.05, 3.63) is 106 Å². The van der Waals surface area contributed by atoms with Gasteiger partial charge in [0.1, 0.15) is 11.5 Å². The van der Waals surface area contributed by atoms with Crippen LogP contribution in [0.2, 0.25) is 0 Å². The van der Waals surface area contributed by atoms with Gasteiger partial charge in [0.15, 0.2) is 0 Å². The number of amides is 1. The Hall–Kier alpha value is -3.73. The largest absolute Gasteiger partial charge is 0.511 e. The number of carbonyl (C=O) groups is 1. The Bertz CT molecular complexity index is 1530. The first kappa shape index (κ1) is 31.2. The fourth-order valence-electron chi connectivity index (χ4n) is 8.40. The summed E-state index contributed by atoms with van der Waals surface area (Å²) >= 11 is 0. The molecule has 0 radical (unpaired) electrons. The highest BCUT2D eigenvalue weighted by atomic mass is 16.3. The molecule has 0 saturated carbocycles. The molecular formula is C37H48N2O3. The minimum atomic E-state index is -0.952. The highest BCUT2D eigenvalue weighted by Gasteiger charge is 2.64. The number of aliphatic hydroxyl groups excluding tert-OH is 2. The molecule has 0 fully saturated rings. The Morgan fingerprint density at radius 1 is 1.14 bits per heavy atom. The van der Waals surface area contributed by atoms with Crippen LogP contribution in [0.5, 0.6) is 0 Å². The zero-order chi connectivity index (χ0) is 31.4. The highest BCUT2D eigenvalue weighted by Crippen LogP contribution is 2.70. The van der Waals surface area contributed by atoms with Crippen LogP contribution in [0.4, 0.5) is 5.69 Å². The van der Waals surface area contributed by atoms with Crippen LogP contribution in [0, 0.1) is 22.2 Å². The number of rotatable bonds is 5. The van der Waals surface area contributed by atoms with Crippen molar-refractivity contribution in [3.63, 3.8) is 0 Å². The molecule has 0 aliphatic heterocycles. The minimum Gasteiger partial charge on any atom is -0.511 e. The Morgan fingerprint density at radius 2 is 1.81 bits per heavy atom. The normalized spacial score (nSPS) is 32.9. The summed E-state index contributed by atoms with van der Waals surface area (Å²) in [4.78, 5) is 12.8. The summed E-state index contributed by atoms with van der Waals surface area (Å²) in [5.41, 5.74) is 11.6. The van der Waals surface area contributed by atoms with Crippen molar-refractivity contribution in [1.29, 1.82) is 0 Å². The van der Waals surface area contributed by atoms with Crippen LogP contribution in [0.1, 0.15) is 79.7 Å². The number of primary amides is 1. The van der Waals surface area contributed by atoms with Crippen LogP contribution >= 0.6 is 0 Å². The number of aliphatic hydroxyl groups is 2. The van der Waals surface area contributed by atoms with Crippen LogP contribution in [0.25, 0.3) is 5.57 Å². The van der Waals surface area contributed by atoms with E-state index in [2.05, 4.69) is 52.2 Å². The van der Waals surface area contributed by atoms with Gasteiger partial charge in [-0.2, -0.15) is 0 Å². The molecule has 5 nitrogen and oxygen atoms in total. The second-order valence-electron chi connectivity index (χ2n) is 13.1. The van der Waals surface area contributed by atoms with E-state index in [4.69, 9.17) is 5.73 Å². The molecule has 1 aromatic carbocycles. The van der Waals surface area contributed by atoms with Gasteiger partial charge in [-0.05, 0) is 92.7 Å². The SMILES string of the molecule is C=C1C(CC)=C(O)/C(c2cccc(NC)c2)=C\C(C)=C\C[C@@]2(C)C[C@@]3(C)[C@H](CC)C(C)=C(C(N)=O)C(=C)[C@@]3(C)C(O)=C12. The Balaban J connectivity index is 2.07. The summed E-state index contributed by atoms with van der Waals surface area (Å²) in [6.45, 7) is 23.6. The molecule has 0 unspecified atom stereocenters. The number of allylic oxidation sites excluding steroid dienone is 9. The molecule has 0 heterocycles. The zero-order valence-electron chi connectivity index (χ0n) is 26.7. The van der Waals surface area contributed by atoms with Crippen molar-refractivity contribution in [3.8, 4) is 0 Å². The lowest BCUT2D eigenvalue weighted by atomic mass is 9.41. The number of carbonyl (C=O) groups excluding carboxylic acids is 1. The van der Waals surface area contributed by atoms with Gasteiger partial charge in [-0.25, -0.2) is 0 Å². The number of nitrogens with two attached hydrogens (primary N) is 1. The maximum absolute atomic E-state index is 12.8. The topological polar surface area (TPSA) is 95.6 Å². The number of hydrogen-bond donors (Lipinski definition) is 4. The van der Waals surface area contributed by atoms with Gasteiger partial charge in [-0.15, -0.1) is 0 Å². The molecular weight excluding hydrogens is 520 g/mol. The lowest BCUT2D eigenvalue weighted by molar-refractivity contribution is -0.115. The predicted octanol–water partition coefficient (Wildman–Crippen LogP) is 8.87. The summed E-state index contributed by atoms with van der Waals surface area (Å²) in [7, 11) is 1.87. The molecule has 5 N–H and O–H groups in total. The first-order valence-corrected chi connectivity index (χ1v) is 15.1. The number of anilines is 1. The first-order valence-electron chi connectivity index (χ1n) is 15.1. The van der Waals surface area contributed by atoms with Gasteiger partial charge in [0, 0.05) is 40.4 Å². The summed E-state index contributed by atoms with van der Waals surface area (Å²) < 4.78 is 0. The standard InChI is InChI=1S/C37H48N2O3/c1-11-27-22(4)31-33(41)37(9)24(6)30(34(38)42)23(5)29(12-2)36(37,8)20-35(31,7)17-16-21(3)18-28(32(27)40)25-14-13-15-26(19-25)39-10/h13-16,18-19,29,39-41H,4,6,11-12,17,20H2,1-3,5,7-10H3,(H2,38,42)/b21-16+,28-18-,32-27?/t29-,35+,36+,37+/m1/s1. The van der Waals surface area contributed by atoms with Gasteiger partial charge in [0.05, 0.1) is 5.41 Å². The quantitative estimate of drug-likeness (QED) is 0.285. The Kier molecular flexibility index (Phi) is 8.05. The molecule has 3 aliphatic carbocycles. The van der Waals surface area contributed by atoms with Crippen molar-refractivity contribution >= 4 is 17.2 Å². The van der Waals surface area contributed by atoms with Crippen LogP contribution in [-0.2, 0) is 4.79 Å². The predicted molar refractivity (Wildman–Crippen MR) is 175 cm³/mol. The van der Waals surface area contributed by atoms with Gasteiger partial charge in [0.25, 0.3) is 0 Å². The maximum atomic E-state index is 12.8. The summed E-state index contributed by atoms with van der Waals surface area (Å²) in [6.07, 6.45) is 6.97. The van der Waals surface area contributed by atoms with E-state index in [0.717, 1.165) is 40.8 Å². The van der Waals surface area contributed by atoms with Crippen molar-refractivity contribution in [2.24, 2.45) is 27.9 Å². The van der Waals surface area contributed by atoms with Crippen molar-refractivity contribution in [2.45, 2.75) is 74.1 Å². The first-order chi connectivity index (χ1) is 19.6. The molecule has 0 saturated heterocycles. The maximum Gasteiger partial charge on any atom is 0.248 e. The molecule has 0 spiro atoms. The van der Waals surface area contributed by atoms with Crippen LogP contribution in [-0.4, -0.2) is 23.2 Å². The van der Waals surface area contributed by atoms with E-state index in [1.54, 1.807) is 0 Å². The Morgan fingerprint density at radius 3 is 2.38 bits per heavy atom. The molecule has 0 aromatic heterocycles. The third-order valence-electron chi connectivity index (χ3n) is 10.7. The van der Waals surface area contributed by atoms with E-state index in [9.17, 15) is 15.0 Å². The van der Waals surface area contributed by atoms with Crippen LogP contribution in [0.3, 0.4) is 0 Å². The number of nitrogens with one attached hydrogen (secondary N) is 1. The van der Waals surface area contributed by atoms with Gasteiger partial charge >= 0.3 is 0 Å². The zero-order valence-corrected chi connectivity index (χ0v) is 26.7.